The Morgan fingerprint density at radius 2 is 1.89 bits per heavy atom. The Bertz CT molecular complexity index is 970. The van der Waals surface area contributed by atoms with Crippen molar-refractivity contribution in [2.45, 2.75) is 13.0 Å². The van der Waals surface area contributed by atoms with Crippen LogP contribution in [-0.2, 0) is 9.59 Å². The number of hydrogen-bond acceptors (Lipinski definition) is 4. The first-order valence-electron chi connectivity index (χ1n) is 8.41. The number of para-hydroxylation sites is 1. The molecule has 1 atom stereocenters. The monoisotopic (exact) mass is 397 g/mol. The first-order valence-corrected chi connectivity index (χ1v) is 9.77. The predicted molar refractivity (Wildman–Crippen MR) is 109 cm³/mol. The van der Waals surface area contributed by atoms with Gasteiger partial charge in [-0.25, -0.2) is 4.99 Å². The van der Waals surface area contributed by atoms with Crippen LogP contribution in [0.3, 0.4) is 0 Å². The maximum Gasteiger partial charge on any atom is 0.255 e. The largest absolute Gasteiger partial charge is 0.322 e. The van der Waals surface area contributed by atoms with Gasteiger partial charge in [0.25, 0.3) is 5.91 Å². The summed E-state index contributed by atoms with van der Waals surface area (Å²) in [7, 11) is 0. The highest BCUT2D eigenvalue weighted by atomic mass is 35.5. The van der Waals surface area contributed by atoms with E-state index >= 15 is 0 Å². The minimum atomic E-state index is -0.527. The molecule has 0 unspecified atom stereocenters. The van der Waals surface area contributed by atoms with Gasteiger partial charge in [-0.15, -0.1) is 0 Å². The van der Waals surface area contributed by atoms with Gasteiger partial charge in [-0.1, -0.05) is 53.7 Å². The molecule has 0 radical (unpaired) electrons. The summed E-state index contributed by atoms with van der Waals surface area (Å²) >= 11 is 7.42. The second-order valence-electron chi connectivity index (χ2n) is 6.22. The van der Waals surface area contributed by atoms with Gasteiger partial charge in [0.2, 0.25) is 5.91 Å². The average Bonchev–Trinajstić information content (AvgIpc) is 3.02. The first-order chi connectivity index (χ1) is 13.0. The maximum atomic E-state index is 13.1. The minimum absolute atomic E-state index is 0.0591. The zero-order valence-corrected chi connectivity index (χ0v) is 16.1. The van der Waals surface area contributed by atoms with Gasteiger partial charge in [0, 0.05) is 10.7 Å². The molecule has 2 aliphatic heterocycles. The summed E-state index contributed by atoms with van der Waals surface area (Å²) in [5, 5.41) is 4.14. The Morgan fingerprint density at radius 1 is 1.19 bits per heavy atom. The van der Waals surface area contributed by atoms with Crippen molar-refractivity contribution in [1.82, 2.24) is 4.90 Å². The van der Waals surface area contributed by atoms with Crippen LogP contribution in [0, 0.1) is 0 Å². The molecule has 27 heavy (non-hydrogen) atoms. The summed E-state index contributed by atoms with van der Waals surface area (Å²) in [5.74, 6) is -0.00795. The van der Waals surface area contributed by atoms with E-state index in [-0.39, 0.29) is 11.8 Å². The van der Waals surface area contributed by atoms with Crippen molar-refractivity contribution in [2.75, 3.05) is 11.1 Å². The normalized spacial score (nSPS) is 19.0. The molecule has 1 saturated heterocycles. The van der Waals surface area contributed by atoms with Crippen molar-refractivity contribution < 1.29 is 9.59 Å². The first kappa shape index (κ1) is 17.8. The van der Waals surface area contributed by atoms with Crippen LogP contribution in [-0.4, -0.2) is 27.6 Å². The number of nitrogens with one attached hydrogen (secondary N) is 1. The van der Waals surface area contributed by atoms with Gasteiger partial charge in [0.05, 0.1) is 23.1 Å². The van der Waals surface area contributed by atoms with E-state index in [9.17, 15) is 9.59 Å². The molecule has 0 saturated carbocycles. The highest BCUT2D eigenvalue weighted by Crippen LogP contribution is 2.41. The lowest BCUT2D eigenvalue weighted by atomic mass is 9.94. The lowest BCUT2D eigenvalue weighted by Gasteiger charge is -2.33. The Balaban J connectivity index is 1.78. The number of thioether (sulfide) groups is 1. The second-order valence-corrected chi connectivity index (χ2v) is 7.60. The fraction of sp³-hybridized carbons (Fsp3) is 0.150. The summed E-state index contributed by atoms with van der Waals surface area (Å²) in [6, 6.07) is 15.9. The number of anilines is 1. The third kappa shape index (κ3) is 3.38. The van der Waals surface area contributed by atoms with Crippen LogP contribution in [0.4, 0.5) is 5.69 Å². The maximum absolute atomic E-state index is 13.1. The van der Waals surface area contributed by atoms with Crippen molar-refractivity contribution in [3.05, 3.63) is 76.5 Å². The Hall–Kier alpha value is -2.57. The molecule has 2 heterocycles. The SMILES string of the molecule is CC1=C(C(=O)Nc2ccccc2)[C@@H](c2ccc(Cl)cc2)N2C(=O)CSC2=N1. The predicted octanol–water partition coefficient (Wildman–Crippen LogP) is 4.24. The zero-order chi connectivity index (χ0) is 19.0. The van der Waals surface area contributed by atoms with Crippen molar-refractivity contribution in [1.29, 1.82) is 0 Å². The molecular weight excluding hydrogens is 382 g/mol. The van der Waals surface area contributed by atoms with Crippen LogP contribution in [0.5, 0.6) is 0 Å². The molecular formula is C20H16ClN3O2S. The standard InChI is InChI=1S/C20H16ClN3O2S/c1-12-17(19(26)23-15-5-3-2-4-6-15)18(13-7-9-14(21)10-8-13)24-16(25)11-27-20(24)22-12/h2-10,18H,11H2,1H3,(H,23,26)/t18-/m1/s1. The van der Waals surface area contributed by atoms with Crippen LogP contribution in [0.15, 0.2) is 70.9 Å². The molecule has 2 amide bonds. The van der Waals surface area contributed by atoms with Crippen LogP contribution in [0.25, 0.3) is 0 Å². The molecule has 5 nitrogen and oxygen atoms in total. The van der Waals surface area contributed by atoms with Gasteiger partial charge in [0.1, 0.15) is 0 Å². The summed E-state index contributed by atoms with van der Waals surface area (Å²) in [6.07, 6.45) is 0. The number of allylic oxidation sites excluding steroid dienone is 1. The summed E-state index contributed by atoms with van der Waals surface area (Å²) in [6.45, 7) is 1.80. The number of benzene rings is 2. The van der Waals surface area contributed by atoms with Gasteiger partial charge < -0.3 is 5.32 Å². The van der Waals surface area contributed by atoms with Gasteiger partial charge in [-0.3, -0.25) is 14.5 Å². The van der Waals surface area contributed by atoms with Crippen LogP contribution in [0.1, 0.15) is 18.5 Å². The summed E-state index contributed by atoms with van der Waals surface area (Å²) in [5.41, 5.74) is 2.58. The molecule has 1 N–H and O–H groups in total. The Kier molecular flexibility index (Phi) is 4.76. The van der Waals surface area contributed by atoms with E-state index in [2.05, 4.69) is 10.3 Å². The lowest BCUT2D eigenvalue weighted by Crippen LogP contribution is -2.40. The van der Waals surface area contributed by atoms with E-state index in [0.717, 1.165) is 5.56 Å². The van der Waals surface area contributed by atoms with Gasteiger partial charge in [-0.05, 0) is 36.8 Å². The van der Waals surface area contributed by atoms with Gasteiger partial charge in [-0.2, -0.15) is 0 Å². The molecule has 2 aromatic rings. The zero-order valence-electron chi connectivity index (χ0n) is 14.5. The highest BCUT2D eigenvalue weighted by molar-refractivity contribution is 8.15. The molecule has 1 fully saturated rings. The van der Waals surface area contributed by atoms with Crippen LogP contribution >= 0.6 is 23.4 Å². The fourth-order valence-electron chi connectivity index (χ4n) is 3.21. The molecule has 0 aliphatic carbocycles. The van der Waals surface area contributed by atoms with Gasteiger partial charge >= 0.3 is 0 Å². The molecule has 2 aliphatic rings. The van der Waals surface area contributed by atoms with E-state index in [4.69, 9.17) is 11.6 Å². The molecule has 136 valence electrons. The van der Waals surface area contributed by atoms with Gasteiger partial charge in [0.15, 0.2) is 5.17 Å². The van der Waals surface area contributed by atoms with E-state index in [1.807, 2.05) is 42.5 Å². The minimum Gasteiger partial charge on any atom is -0.322 e. The number of carbonyl (C=O) groups excluding carboxylic acids is 2. The van der Waals surface area contributed by atoms with E-state index in [1.54, 1.807) is 24.0 Å². The number of aliphatic imine (C=N–C) groups is 1. The number of nitrogens with zero attached hydrogens (tertiary/aromatic N) is 2. The van der Waals surface area contributed by atoms with Crippen molar-refractivity contribution in [3.63, 3.8) is 0 Å². The molecule has 4 rings (SSSR count). The summed E-state index contributed by atoms with van der Waals surface area (Å²) < 4.78 is 0. The average molecular weight is 398 g/mol. The number of hydrogen-bond donors (Lipinski definition) is 1. The summed E-state index contributed by atoms with van der Waals surface area (Å²) in [4.78, 5) is 31.8. The van der Waals surface area contributed by atoms with Crippen molar-refractivity contribution in [3.8, 4) is 0 Å². The number of halogens is 1. The van der Waals surface area contributed by atoms with Crippen molar-refractivity contribution >= 4 is 46.0 Å². The molecule has 2 aromatic carbocycles. The third-order valence-corrected chi connectivity index (χ3v) is 5.64. The number of fused-ring (bicyclic) bond motifs is 1. The Morgan fingerprint density at radius 3 is 2.59 bits per heavy atom. The number of amidine groups is 1. The smallest absolute Gasteiger partial charge is 0.255 e. The van der Waals surface area contributed by atoms with Crippen molar-refractivity contribution in [2.24, 2.45) is 4.99 Å². The molecule has 7 heteroatoms. The van der Waals surface area contributed by atoms with Crippen LogP contribution < -0.4 is 5.32 Å². The number of rotatable bonds is 3. The third-order valence-electron chi connectivity index (χ3n) is 4.45. The number of amides is 2. The van der Waals surface area contributed by atoms with E-state index in [0.29, 0.717) is 32.9 Å². The van der Waals surface area contributed by atoms with E-state index < -0.39 is 6.04 Å². The molecule has 0 spiro atoms. The van der Waals surface area contributed by atoms with Crippen LogP contribution in [0.2, 0.25) is 5.02 Å². The van der Waals surface area contributed by atoms with E-state index in [1.165, 1.54) is 11.8 Å². The topological polar surface area (TPSA) is 61.8 Å². The molecule has 0 aromatic heterocycles. The molecule has 0 bridgehead atoms. The number of carbonyl (C=O) groups is 2. The fourth-order valence-corrected chi connectivity index (χ4v) is 4.28. The highest BCUT2D eigenvalue weighted by Gasteiger charge is 2.42. The quantitative estimate of drug-likeness (QED) is 0.842. The lowest BCUT2D eigenvalue weighted by molar-refractivity contribution is -0.125. The second kappa shape index (κ2) is 7.21. The Labute approximate surface area is 166 Å².